The summed E-state index contributed by atoms with van der Waals surface area (Å²) in [6, 6.07) is 15.9. The van der Waals surface area contributed by atoms with Crippen LogP contribution in [0.4, 0.5) is 9.59 Å². The number of aromatic nitrogens is 4. The Morgan fingerprint density at radius 3 is 1.74 bits per heavy atom. The van der Waals surface area contributed by atoms with Gasteiger partial charge in [-0.3, -0.25) is 9.59 Å². The van der Waals surface area contributed by atoms with Crippen molar-refractivity contribution in [1.29, 1.82) is 0 Å². The van der Waals surface area contributed by atoms with Crippen LogP contribution in [0.2, 0.25) is 0 Å². The number of likely N-dealkylation sites (tertiary alicyclic amines) is 2. The first-order chi connectivity index (χ1) is 27.6. The van der Waals surface area contributed by atoms with Crippen molar-refractivity contribution in [2.24, 2.45) is 23.7 Å². The topological polar surface area (TPSA) is 186 Å². The van der Waals surface area contributed by atoms with E-state index in [4.69, 9.17) is 19.8 Å². The molecule has 1 unspecified atom stereocenters. The minimum atomic E-state index is -1.08. The van der Waals surface area contributed by atoms with Gasteiger partial charge in [-0.05, 0) is 81.3 Å². The molecule has 8 atom stereocenters. The molecule has 5 N–H and O–H groups in total. The Morgan fingerprint density at radius 2 is 1.26 bits per heavy atom. The molecule has 4 aromatic rings. The van der Waals surface area contributed by atoms with Crippen molar-refractivity contribution in [2.75, 3.05) is 6.54 Å². The summed E-state index contributed by atoms with van der Waals surface area (Å²) in [6.45, 7) is 11.4. The number of benzene rings is 2. The zero-order chi connectivity index (χ0) is 41.0. The third-order valence-corrected chi connectivity index (χ3v) is 12.0. The van der Waals surface area contributed by atoms with Crippen LogP contribution in [0.3, 0.4) is 0 Å². The van der Waals surface area contributed by atoms with Gasteiger partial charge in [0.1, 0.15) is 23.3 Å². The van der Waals surface area contributed by atoms with Crippen LogP contribution < -0.4 is 10.6 Å². The number of imidazole rings is 2. The molecule has 4 aliphatic rings. The smallest absolute Gasteiger partial charge is 0.408 e. The highest BCUT2D eigenvalue weighted by Gasteiger charge is 2.57. The van der Waals surface area contributed by atoms with Gasteiger partial charge >= 0.3 is 12.2 Å². The maximum absolute atomic E-state index is 14.0. The van der Waals surface area contributed by atoms with Crippen molar-refractivity contribution in [1.82, 2.24) is 40.4 Å². The standard InChI is InChI=1S/C44H54N8O6/c1-23(2)38(50-43(57)58-44(4,5)6)41(54)52-34-17-30(34)19-36(52)40-46-22-32(49-40)28-13-9-26(10-14-28)25-7-11-27(12-8-25)31-21-45-39(48-31)35-18-29-16-33(29)51(35)37(53)15-24(3)20-47-42(55)56/h7-14,21-24,29-30,33-36,38,47H,15-20H2,1-6H3,(H,45,48)(H,46,49)(H,50,57)(H,55,56)/t24?,29-,30+,33-,34-,35+,36+,38+/m1/s1. The molecule has 14 heteroatoms. The summed E-state index contributed by atoms with van der Waals surface area (Å²) in [5.41, 5.74) is 5.01. The Balaban J connectivity index is 0.905. The number of nitrogens with one attached hydrogen (secondary N) is 4. The first-order valence-electron chi connectivity index (χ1n) is 20.5. The monoisotopic (exact) mass is 790 g/mol. The van der Waals surface area contributed by atoms with E-state index in [1.165, 1.54) is 0 Å². The highest BCUT2D eigenvalue weighted by molar-refractivity contribution is 5.87. The van der Waals surface area contributed by atoms with Gasteiger partial charge in [-0.1, -0.05) is 69.3 Å². The van der Waals surface area contributed by atoms with E-state index in [9.17, 15) is 19.2 Å². The fraction of sp³-hybridized carbons (Fsp3) is 0.500. The number of carbonyl (C=O) groups is 4. The summed E-state index contributed by atoms with van der Waals surface area (Å²) in [5.74, 6) is 2.20. The van der Waals surface area contributed by atoms with E-state index in [0.717, 1.165) is 71.0 Å². The van der Waals surface area contributed by atoms with Gasteiger partial charge in [-0.25, -0.2) is 19.6 Å². The molecule has 58 heavy (non-hydrogen) atoms. The first-order valence-corrected chi connectivity index (χ1v) is 20.5. The Kier molecular flexibility index (Phi) is 10.3. The number of ether oxygens (including phenoxy) is 1. The van der Waals surface area contributed by atoms with Crippen LogP contribution in [0.5, 0.6) is 0 Å². The van der Waals surface area contributed by atoms with Gasteiger partial charge in [-0.15, -0.1) is 0 Å². The van der Waals surface area contributed by atoms with Gasteiger partial charge in [0.05, 0.1) is 23.5 Å². The van der Waals surface area contributed by atoms with E-state index < -0.39 is 23.8 Å². The minimum Gasteiger partial charge on any atom is -0.465 e. The van der Waals surface area contributed by atoms with Gasteiger partial charge in [0.2, 0.25) is 11.8 Å². The van der Waals surface area contributed by atoms with Crippen LogP contribution >= 0.6 is 0 Å². The van der Waals surface area contributed by atoms with Gasteiger partial charge in [0, 0.05) is 48.6 Å². The Labute approximate surface area is 338 Å². The van der Waals surface area contributed by atoms with E-state index in [1.807, 2.05) is 43.0 Å². The number of piperidine rings is 2. The van der Waals surface area contributed by atoms with Crippen molar-refractivity contribution in [3.8, 4) is 33.6 Å². The molecule has 2 saturated carbocycles. The summed E-state index contributed by atoms with van der Waals surface area (Å²) in [4.78, 5) is 71.4. The number of carboxylic acid groups (broad SMARTS) is 1. The maximum Gasteiger partial charge on any atom is 0.408 e. The van der Waals surface area contributed by atoms with Crippen molar-refractivity contribution in [3.63, 3.8) is 0 Å². The van der Waals surface area contributed by atoms with Gasteiger partial charge in [0.25, 0.3) is 0 Å². The average molecular weight is 791 g/mol. The number of alkyl carbamates (subject to hydrolysis) is 1. The summed E-state index contributed by atoms with van der Waals surface area (Å²) in [6.07, 6.45) is 6.12. The molecule has 2 aliphatic heterocycles. The highest BCUT2D eigenvalue weighted by atomic mass is 16.6. The molecule has 2 saturated heterocycles. The molecular weight excluding hydrogens is 737 g/mol. The third kappa shape index (κ3) is 8.19. The third-order valence-electron chi connectivity index (χ3n) is 12.0. The predicted octanol–water partition coefficient (Wildman–Crippen LogP) is 7.30. The highest BCUT2D eigenvalue weighted by Crippen LogP contribution is 2.54. The quantitative estimate of drug-likeness (QED) is 0.0990. The molecule has 306 valence electrons. The number of hydrogen-bond acceptors (Lipinski definition) is 7. The summed E-state index contributed by atoms with van der Waals surface area (Å²) < 4.78 is 5.47. The molecule has 2 aromatic carbocycles. The van der Waals surface area contributed by atoms with Gasteiger partial charge in [0.15, 0.2) is 0 Å². The molecule has 4 amide bonds. The lowest BCUT2D eigenvalue weighted by atomic mass is 10.0. The second-order valence-corrected chi connectivity index (χ2v) is 18.0. The summed E-state index contributed by atoms with van der Waals surface area (Å²) in [5, 5.41) is 14.2. The number of hydrogen-bond donors (Lipinski definition) is 5. The van der Waals surface area contributed by atoms with Crippen LogP contribution in [-0.4, -0.2) is 89.1 Å². The molecule has 8 rings (SSSR count). The Hall–Kier alpha value is -5.66. The molecular formula is C44H54N8O6. The number of nitrogens with zero attached hydrogens (tertiary/aromatic N) is 4. The SMILES string of the molecule is CC(CNC(=O)O)CC(=O)N1[C@@H]2C[C@@H]2C[C@H]1c1nc(-c2ccc(-c3ccc(-c4c[nH]c([C@@H]5C[C@@H]6C[C@H]6N5C(=O)[C@@H](NC(=O)OC(C)(C)C)C(C)C)n4)cc3)cc2)c[nH]1. The Bertz CT molecular complexity index is 2170. The number of fused-ring (bicyclic) bond motifs is 2. The molecule has 2 aliphatic carbocycles. The van der Waals surface area contributed by atoms with Crippen LogP contribution in [0.15, 0.2) is 60.9 Å². The van der Waals surface area contributed by atoms with E-state index >= 15 is 0 Å². The van der Waals surface area contributed by atoms with Crippen molar-refractivity contribution in [2.45, 2.75) is 109 Å². The summed E-state index contributed by atoms with van der Waals surface area (Å²) in [7, 11) is 0. The predicted molar refractivity (Wildman–Crippen MR) is 217 cm³/mol. The fourth-order valence-electron chi connectivity index (χ4n) is 8.90. The average Bonchev–Trinajstić information content (AvgIpc) is 3.76. The first kappa shape index (κ1) is 39.2. The fourth-order valence-corrected chi connectivity index (χ4v) is 8.90. The zero-order valence-electron chi connectivity index (χ0n) is 34.0. The number of amides is 4. The Morgan fingerprint density at radius 1 is 0.776 bits per heavy atom. The lowest BCUT2D eigenvalue weighted by Gasteiger charge is -2.32. The second-order valence-electron chi connectivity index (χ2n) is 18.0. The van der Waals surface area contributed by atoms with E-state index in [2.05, 4.69) is 69.1 Å². The van der Waals surface area contributed by atoms with E-state index in [0.29, 0.717) is 11.8 Å². The molecule has 4 heterocycles. The molecule has 0 bridgehead atoms. The second kappa shape index (κ2) is 15.3. The number of carbonyl (C=O) groups excluding carboxylic acids is 3. The number of aromatic amines is 2. The van der Waals surface area contributed by atoms with E-state index in [-0.39, 0.29) is 60.8 Å². The van der Waals surface area contributed by atoms with Crippen LogP contribution in [0, 0.1) is 23.7 Å². The maximum atomic E-state index is 14.0. The largest absolute Gasteiger partial charge is 0.465 e. The summed E-state index contributed by atoms with van der Waals surface area (Å²) >= 11 is 0. The number of H-pyrrole nitrogens is 2. The molecule has 0 radical (unpaired) electrons. The molecule has 14 nitrogen and oxygen atoms in total. The van der Waals surface area contributed by atoms with Crippen molar-refractivity contribution >= 4 is 24.0 Å². The van der Waals surface area contributed by atoms with Crippen LogP contribution in [-0.2, 0) is 14.3 Å². The molecule has 4 fully saturated rings. The molecule has 2 aromatic heterocycles. The van der Waals surface area contributed by atoms with Gasteiger partial charge < -0.3 is 40.2 Å². The van der Waals surface area contributed by atoms with Crippen LogP contribution in [0.25, 0.3) is 33.6 Å². The molecule has 0 spiro atoms. The minimum absolute atomic E-state index is 0.0466. The van der Waals surface area contributed by atoms with Crippen molar-refractivity contribution in [3.05, 3.63) is 72.6 Å². The van der Waals surface area contributed by atoms with E-state index in [1.54, 1.807) is 20.8 Å². The van der Waals surface area contributed by atoms with Crippen LogP contribution in [0.1, 0.15) is 97.4 Å². The number of rotatable bonds is 12. The zero-order valence-corrected chi connectivity index (χ0v) is 34.0. The van der Waals surface area contributed by atoms with Crippen molar-refractivity contribution < 1.29 is 29.0 Å². The normalized spacial score (nSPS) is 24.2. The lowest BCUT2D eigenvalue weighted by molar-refractivity contribution is -0.137. The van der Waals surface area contributed by atoms with Gasteiger partial charge in [-0.2, -0.15) is 0 Å². The lowest BCUT2D eigenvalue weighted by Crippen LogP contribution is -2.52.